The van der Waals surface area contributed by atoms with Gasteiger partial charge >= 0.3 is 17.9 Å². The smallest absolute Gasteiger partial charge is 0.326 e. The highest BCUT2D eigenvalue weighted by atomic mass is 16.4. The normalized spacial score (nSPS) is 10.4. The second kappa shape index (κ2) is 35.5. The molecule has 0 bridgehead atoms. The van der Waals surface area contributed by atoms with Gasteiger partial charge in [0.1, 0.15) is 18.4 Å². The first-order valence-corrected chi connectivity index (χ1v) is 18.9. The standard InChI is InChI=1S/C31H38N6O9.2C3H6O2.C2H6.CH4O/c1-19-14-21(27(32)41)16-22(15-19)29(43)34-17-25(39)36-23(11-7-13-38)30(44)35-18-26(40)37-24(31(45)46)10-5-6-12-33-28(42)20-8-3-2-4-9-20;2*1-2-3(4)5;2*1-2/h2-4,8-9,13-16,23-24H,5-7,10-12,17-18H2,1H3,(H2,32,41)(H,33,42)(H,34,43)(H,35,44)(H,36,39)(H,37,40)(H,45,46);2*2H2,1H3,(H,4,5);1-2H3;2H,1H3/t23-,24?;;;;/m1..../s1. The molecule has 0 aliphatic rings. The Morgan fingerprint density at radius 2 is 1.15 bits per heavy atom. The second-order valence-electron chi connectivity index (χ2n) is 11.8. The summed E-state index contributed by atoms with van der Waals surface area (Å²) in [5.74, 6) is -6.78. The van der Waals surface area contributed by atoms with Gasteiger partial charge in [0.2, 0.25) is 23.6 Å². The predicted molar refractivity (Wildman–Crippen MR) is 220 cm³/mol. The zero-order valence-corrected chi connectivity index (χ0v) is 34.9. The van der Waals surface area contributed by atoms with Crippen LogP contribution in [0.3, 0.4) is 0 Å². The molecule has 0 aliphatic heterocycles. The first-order valence-electron chi connectivity index (χ1n) is 18.9. The van der Waals surface area contributed by atoms with Gasteiger partial charge in [0.15, 0.2) is 0 Å². The molecule has 2 atom stereocenters. The Morgan fingerprint density at radius 1 is 0.667 bits per heavy atom. The number of unbranched alkanes of at least 4 members (excludes halogenated alkanes) is 1. The van der Waals surface area contributed by atoms with Crippen molar-refractivity contribution in [2.75, 3.05) is 26.7 Å². The Bertz CT molecular complexity index is 1660. The van der Waals surface area contributed by atoms with Crippen molar-refractivity contribution in [1.29, 1.82) is 0 Å². The van der Waals surface area contributed by atoms with Crippen LogP contribution in [0.2, 0.25) is 0 Å². The highest BCUT2D eigenvalue weighted by Crippen LogP contribution is 2.09. The summed E-state index contributed by atoms with van der Waals surface area (Å²) in [7, 11) is 1.00. The van der Waals surface area contributed by atoms with E-state index >= 15 is 0 Å². The largest absolute Gasteiger partial charge is 0.481 e. The molecule has 0 saturated heterocycles. The number of hydrogen-bond donors (Lipinski definition) is 10. The Morgan fingerprint density at radius 3 is 1.63 bits per heavy atom. The Hall–Kier alpha value is -6.70. The molecular weight excluding hydrogens is 788 g/mol. The van der Waals surface area contributed by atoms with Crippen molar-refractivity contribution in [3.05, 3.63) is 70.8 Å². The molecule has 0 aromatic heterocycles. The molecule has 20 nitrogen and oxygen atoms in total. The fourth-order valence-corrected chi connectivity index (χ4v) is 4.23. The molecule has 334 valence electrons. The molecule has 0 heterocycles. The number of benzene rings is 2. The number of rotatable bonds is 21. The lowest BCUT2D eigenvalue weighted by atomic mass is 10.1. The molecule has 6 amide bonds. The van der Waals surface area contributed by atoms with Gasteiger partial charge in [0.25, 0.3) is 11.8 Å². The van der Waals surface area contributed by atoms with Crippen molar-refractivity contribution in [3.63, 3.8) is 0 Å². The van der Waals surface area contributed by atoms with E-state index < -0.39 is 72.6 Å². The number of hydrogen-bond acceptors (Lipinski definition) is 11. The highest BCUT2D eigenvalue weighted by Gasteiger charge is 2.24. The monoisotopic (exact) mass is 848 g/mol. The lowest BCUT2D eigenvalue weighted by Gasteiger charge is -2.19. The molecular formula is C40H60N6O14. The average Bonchev–Trinajstić information content (AvgIpc) is 3.24. The lowest BCUT2D eigenvalue weighted by molar-refractivity contribution is -0.142. The summed E-state index contributed by atoms with van der Waals surface area (Å²) in [4.78, 5) is 115. The Labute approximate surface area is 349 Å². The fraction of sp³-hybridized carbons (Fsp3) is 0.450. The summed E-state index contributed by atoms with van der Waals surface area (Å²) in [6, 6.07) is 10.4. The number of nitrogens with two attached hydrogens (primary N) is 1. The first-order chi connectivity index (χ1) is 28.4. The molecule has 0 spiro atoms. The van der Waals surface area contributed by atoms with Gasteiger partial charge in [-0.15, -0.1) is 0 Å². The number of carboxylic acids is 3. The summed E-state index contributed by atoms with van der Waals surface area (Å²) in [5.41, 5.74) is 6.58. The van der Waals surface area contributed by atoms with Crippen LogP contribution in [0, 0.1) is 6.92 Å². The van der Waals surface area contributed by atoms with Gasteiger partial charge in [-0.05, 0) is 68.5 Å². The highest BCUT2D eigenvalue weighted by molar-refractivity contribution is 6.01. The maximum absolute atomic E-state index is 12.7. The van der Waals surface area contributed by atoms with Crippen LogP contribution < -0.4 is 32.3 Å². The summed E-state index contributed by atoms with van der Waals surface area (Å²) in [6.45, 7) is 8.02. The van der Waals surface area contributed by atoms with Crippen molar-refractivity contribution in [1.82, 2.24) is 26.6 Å². The molecule has 11 N–H and O–H groups in total. The third kappa shape index (κ3) is 28.7. The van der Waals surface area contributed by atoms with E-state index in [1.54, 1.807) is 51.1 Å². The number of aryl methyl sites for hydroxylation is 1. The molecule has 0 aliphatic carbocycles. The molecule has 0 fully saturated rings. The molecule has 2 rings (SSSR count). The fourth-order valence-electron chi connectivity index (χ4n) is 4.23. The Balaban J connectivity index is -0.00000202. The third-order valence-electron chi connectivity index (χ3n) is 7.16. The molecule has 20 heteroatoms. The summed E-state index contributed by atoms with van der Waals surface area (Å²) >= 11 is 0. The van der Waals surface area contributed by atoms with E-state index in [1.807, 2.05) is 13.8 Å². The number of primary amides is 1. The SMILES string of the molecule is CC.CCC(=O)O.CCC(=O)O.CO.Cc1cc(C(N)=O)cc(C(=O)NCC(=O)N[C@H](CCC=O)C(=O)NCC(=O)NC(CCCCNC(=O)c2ccccc2)C(=O)O)c1. The van der Waals surface area contributed by atoms with Gasteiger partial charge in [-0.2, -0.15) is 0 Å². The maximum atomic E-state index is 12.7. The van der Waals surface area contributed by atoms with Gasteiger partial charge in [-0.3, -0.25) is 38.4 Å². The van der Waals surface area contributed by atoms with Crippen LogP contribution in [0.1, 0.15) is 109 Å². The lowest BCUT2D eigenvalue weighted by Crippen LogP contribution is -2.52. The number of aldehydes is 1. The molecule has 0 radical (unpaired) electrons. The Kier molecular flexibility index (Phi) is 34.1. The minimum absolute atomic E-state index is 0.0758. The van der Waals surface area contributed by atoms with Crippen LogP contribution in [-0.4, -0.2) is 119 Å². The zero-order chi connectivity index (χ0) is 46.6. The predicted octanol–water partition coefficient (Wildman–Crippen LogP) is 1.17. The molecule has 1 unspecified atom stereocenters. The maximum Gasteiger partial charge on any atom is 0.326 e. The average molecular weight is 849 g/mol. The first kappa shape index (κ1) is 57.6. The van der Waals surface area contributed by atoms with E-state index in [2.05, 4.69) is 26.6 Å². The van der Waals surface area contributed by atoms with E-state index in [9.17, 15) is 53.1 Å². The zero-order valence-electron chi connectivity index (χ0n) is 34.9. The van der Waals surface area contributed by atoms with Crippen LogP contribution in [-0.2, 0) is 33.6 Å². The number of amides is 6. The number of carbonyl (C=O) groups excluding carboxylic acids is 7. The number of aliphatic carboxylic acids is 3. The van der Waals surface area contributed by atoms with E-state index in [4.69, 9.17) is 21.1 Å². The number of carbonyl (C=O) groups is 10. The summed E-state index contributed by atoms with van der Waals surface area (Å²) in [5, 5.41) is 44.0. The van der Waals surface area contributed by atoms with Crippen LogP contribution >= 0.6 is 0 Å². The topological polar surface area (TPSA) is 338 Å². The van der Waals surface area contributed by atoms with E-state index in [0.29, 0.717) is 36.8 Å². The van der Waals surface area contributed by atoms with Crippen LogP contribution in [0.25, 0.3) is 0 Å². The van der Waals surface area contributed by atoms with Crippen LogP contribution in [0.5, 0.6) is 0 Å². The summed E-state index contributed by atoms with van der Waals surface area (Å²) < 4.78 is 0. The number of aliphatic hydroxyl groups is 1. The summed E-state index contributed by atoms with van der Waals surface area (Å²) in [6.07, 6.45) is 1.71. The minimum Gasteiger partial charge on any atom is -0.481 e. The molecule has 60 heavy (non-hydrogen) atoms. The van der Waals surface area contributed by atoms with Crippen LogP contribution in [0.15, 0.2) is 48.5 Å². The minimum atomic E-state index is -1.28. The van der Waals surface area contributed by atoms with Gasteiger partial charge in [0, 0.05) is 49.6 Å². The van der Waals surface area contributed by atoms with Crippen molar-refractivity contribution in [2.45, 2.75) is 91.6 Å². The molecule has 0 saturated carbocycles. The van der Waals surface area contributed by atoms with E-state index in [0.717, 1.165) is 7.11 Å². The van der Waals surface area contributed by atoms with Gasteiger partial charge < -0.3 is 57.5 Å². The molecule has 2 aromatic carbocycles. The van der Waals surface area contributed by atoms with Crippen molar-refractivity contribution >= 4 is 59.6 Å². The third-order valence-corrected chi connectivity index (χ3v) is 7.16. The number of aliphatic hydroxyl groups excluding tert-OH is 1. The van der Waals surface area contributed by atoms with Gasteiger partial charge in [-0.25, -0.2) is 4.79 Å². The van der Waals surface area contributed by atoms with Crippen molar-refractivity contribution in [2.24, 2.45) is 5.73 Å². The van der Waals surface area contributed by atoms with E-state index in [-0.39, 0.29) is 49.1 Å². The van der Waals surface area contributed by atoms with Crippen molar-refractivity contribution in [3.8, 4) is 0 Å². The number of carboxylic acid groups (broad SMARTS) is 3. The molecule has 2 aromatic rings. The number of nitrogens with one attached hydrogen (secondary N) is 5. The van der Waals surface area contributed by atoms with E-state index in [1.165, 1.54) is 18.2 Å². The van der Waals surface area contributed by atoms with Gasteiger partial charge in [-0.1, -0.05) is 45.9 Å². The van der Waals surface area contributed by atoms with Crippen LogP contribution in [0.4, 0.5) is 0 Å². The quantitative estimate of drug-likeness (QED) is 0.0623. The second-order valence-corrected chi connectivity index (χ2v) is 11.8. The van der Waals surface area contributed by atoms with Crippen molar-refractivity contribution < 1.29 is 68.4 Å². The van der Waals surface area contributed by atoms with Gasteiger partial charge in [0.05, 0.1) is 13.1 Å².